The van der Waals surface area contributed by atoms with Crippen LogP contribution in [0.3, 0.4) is 0 Å². The van der Waals surface area contributed by atoms with Gasteiger partial charge in [-0.05, 0) is 68.7 Å². The lowest BCUT2D eigenvalue weighted by Crippen LogP contribution is -2.37. The largest absolute Gasteiger partial charge is 0.497 e. The van der Waals surface area contributed by atoms with E-state index in [4.69, 9.17) is 9.84 Å². The third-order valence-corrected chi connectivity index (χ3v) is 6.48. The topological polar surface area (TPSA) is 50.5 Å². The molecule has 3 aromatic rings. The summed E-state index contributed by atoms with van der Waals surface area (Å²) in [5.74, 6) is 6.79. The zero-order chi connectivity index (χ0) is 22.3. The van der Waals surface area contributed by atoms with Gasteiger partial charge in [-0.15, -0.1) is 0 Å². The van der Waals surface area contributed by atoms with Crippen LogP contribution >= 0.6 is 0 Å². The molecule has 5 nitrogen and oxygen atoms in total. The summed E-state index contributed by atoms with van der Waals surface area (Å²) < 4.78 is 7.40. The molecule has 2 atom stereocenters. The highest BCUT2D eigenvalue weighted by Gasteiger charge is 2.41. The van der Waals surface area contributed by atoms with Gasteiger partial charge in [0.15, 0.2) is 0 Å². The molecule has 1 fully saturated rings. The minimum Gasteiger partial charge on any atom is -0.497 e. The Labute approximate surface area is 189 Å². The van der Waals surface area contributed by atoms with Gasteiger partial charge in [-0.25, -0.2) is 4.68 Å². The summed E-state index contributed by atoms with van der Waals surface area (Å²) in [4.78, 5) is 2.64. The van der Waals surface area contributed by atoms with Crippen molar-refractivity contribution in [3.8, 4) is 23.3 Å². The Morgan fingerprint density at radius 1 is 1.09 bits per heavy atom. The third kappa shape index (κ3) is 4.04. The zero-order valence-electron chi connectivity index (χ0n) is 18.9. The lowest BCUT2D eigenvalue weighted by Gasteiger charge is -2.35. The van der Waals surface area contributed by atoms with Crippen LogP contribution < -0.4 is 4.74 Å². The van der Waals surface area contributed by atoms with Crippen molar-refractivity contribution >= 4 is 0 Å². The second kappa shape index (κ2) is 8.12. The number of benzene rings is 2. The summed E-state index contributed by atoms with van der Waals surface area (Å²) >= 11 is 0. The standard InChI is InChI=1S/C27H29N3O2/c1-27(2,31)15-14-19-4-6-20(7-5-19)18-29-22-10-13-25(29)24-17-28-30(26(24)16-22)21-8-11-23(32-3)12-9-21/h4-9,11-12,17,22,25,31H,10,13,16,18H2,1-3H3. The minimum absolute atomic E-state index is 0.422. The Balaban J connectivity index is 1.35. The van der Waals surface area contributed by atoms with Gasteiger partial charge in [-0.1, -0.05) is 24.0 Å². The van der Waals surface area contributed by atoms with E-state index in [1.165, 1.54) is 29.7 Å². The fraction of sp³-hybridized carbons (Fsp3) is 0.370. The maximum absolute atomic E-state index is 9.80. The summed E-state index contributed by atoms with van der Waals surface area (Å²) in [6.07, 6.45) is 5.49. The first-order valence-corrected chi connectivity index (χ1v) is 11.2. The van der Waals surface area contributed by atoms with Crippen LogP contribution in [-0.4, -0.2) is 38.5 Å². The van der Waals surface area contributed by atoms with Gasteiger partial charge in [0.25, 0.3) is 0 Å². The fourth-order valence-electron chi connectivity index (χ4n) is 4.90. The first-order chi connectivity index (χ1) is 15.4. The molecular formula is C27H29N3O2. The Morgan fingerprint density at radius 2 is 1.84 bits per heavy atom. The molecule has 1 saturated heterocycles. The fourth-order valence-corrected chi connectivity index (χ4v) is 4.90. The Kier molecular flexibility index (Phi) is 5.28. The highest BCUT2D eigenvalue weighted by molar-refractivity contribution is 5.42. The molecule has 1 aromatic heterocycles. The second-order valence-corrected chi connectivity index (χ2v) is 9.29. The average molecular weight is 428 g/mol. The van der Waals surface area contributed by atoms with Crippen LogP contribution in [0.5, 0.6) is 5.75 Å². The highest BCUT2D eigenvalue weighted by atomic mass is 16.5. The number of aliphatic hydroxyl groups is 1. The van der Waals surface area contributed by atoms with Gasteiger partial charge in [0.05, 0.1) is 24.7 Å². The van der Waals surface area contributed by atoms with Gasteiger partial charge in [-0.2, -0.15) is 5.10 Å². The van der Waals surface area contributed by atoms with E-state index in [9.17, 15) is 5.11 Å². The van der Waals surface area contributed by atoms with Crippen molar-refractivity contribution in [3.05, 3.63) is 77.1 Å². The van der Waals surface area contributed by atoms with E-state index in [1.807, 2.05) is 24.3 Å². The molecule has 5 rings (SSSR count). The Hall–Kier alpha value is -3.07. The van der Waals surface area contributed by atoms with Gasteiger partial charge in [0, 0.05) is 36.2 Å². The Morgan fingerprint density at radius 3 is 2.53 bits per heavy atom. The second-order valence-electron chi connectivity index (χ2n) is 9.29. The highest BCUT2D eigenvalue weighted by Crippen LogP contribution is 2.44. The molecule has 2 unspecified atom stereocenters. The Bertz CT molecular complexity index is 1160. The molecule has 2 bridgehead atoms. The van der Waals surface area contributed by atoms with E-state index in [1.54, 1.807) is 21.0 Å². The number of nitrogens with zero attached hydrogens (tertiary/aromatic N) is 3. The van der Waals surface area contributed by atoms with Gasteiger partial charge in [-0.3, -0.25) is 4.90 Å². The minimum atomic E-state index is -0.973. The number of hydrogen-bond donors (Lipinski definition) is 1. The summed E-state index contributed by atoms with van der Waals surface area (Å²) in [7, 11) is 1.69. The van der Waals surface area contributed by atoms with Crippen LogP contribution in [0.4, 0.5) is 0 Å². The number of ether oxygens (including phenoxy) is 1. The molecule has 164 valence electrons. The number of hydrogen-bond acceptors (Lipinski definition) is 4. The van der Waals surface area contributed by atoms with E-state index < -0.39 is 5.60 Å². The van der Waals surface area contributed by atoms with E-state index in [2.05, 4.69) is 51.9 Å². The predicted octanol–water partition coefficient (Wildman–Crippen LogP) is 4.27. The average Bonchev–Trinajstić information content (AvgIpc) is 3.33. The number of rotatable bonds is 4. The molecule has 1 N–H and O–H groups in total. The van der Waals surface area contributed by atoms with E-state index in [0.717, 1.165) is 30.0 Å². The first-order valence-electron chi connectivity index (χ1n) is 11.2. The lowest BCUT2D eigenvalue weighted by molar-refractivity contribution is 0.143. The van der Waals surface area contributed by atoms with E-state index in [0.29, 0.717) is 12.1 Å². The predicted molar refractivity (Wildman–Crippen MR) is 125 cm³/mol. The normalized spacial score (nSPS) is 19.9. The van der Waals surface area contributed by atoms with Crippen molar-refractivity contribution in [2.75, 3.05) is 7.11 Å². The molecule has 0 spiro atoms. The van der Waals surface area contributed by atoms with Crippen molar-refractivity contribution in [2.24, 2.45) is 0 Å². The number of fused-ring (bicyclic) bond motifs is 4. The van der Waals surface area contributed by atoms with Crippen molar-refractivity contribution in [1.82, 2.24) is 14.7 Å². The molecule has 0 radical (unpaired) electrons. The summed E-state index contributed by atoms with van der Waals surface area (Å²) in [5, 5.41) is 14.5. The van der Waals surface area contributed by atoms with Gasteiger partial charge in [0.2, 0.25) is 0 Å². The molecule has 5 heteroatoms. The summed E-state index contributed by atoms with van der Waals surface area (Å²) in [6, 6.07) is 17.5. The van der Waals surface area contributed by atoms with Crippen LogP contribution in [0.25, 0.3) is 5.69 Å². The zero-order valence-corrected chi connectivity index (χ0v) is 18.9. The molecule has 2 aliphatic heterocycles. The van der Waals surface area contributed by atoms with Crippen LogP contribution in [0.15, 0.2) is 54.7 Å². The molecule has 0 saturated carbocycles. The monoisotopic (exact) mass is 427 g/mol. The maximum Gasteiger partial charge on any atom is 0.120 e. The molecule has 0 amide bonds. The van der Waals surface area contributed by atoms with Crippen molar-refractivity contribution in [2.45, 2.75) is 57.3 Å². The molecule has 2 aliphatic rings. The van der Waals surface area contributed by atoms with Crippen LogP contribution in [0.2, 0.25) is 0 Å². The number of methoxy groups -OCH3 is 1. The van der Waals surface area contributed by atoms with Crippen molar-refractivity contribution < 1.29 is 9.84 Å². The molecule has 0 aliphatic carbocycles. The first kappa shape index (κ1) is 20.8. The van der Waals surface area contributed by atoms with Gasteiger partial charge >= 0.3 is 0 Å². The quantitative estimate of drug-likeness (QED) is 0.632. The maximum atomic E-state index is 9.80. The summed E-state index contributed by atoms with van der Waals surface area (Å²) in [5.41, 5.74) is 5.04. The van der Waals surface area contributed by atoms with E-state index in [-0.39, 0.29) is 0 Å². The van der Waals surface area contributed by atoms with E-state index >= 15 is 0 Å². The van der Waals surface area contributed by atoms with Crippen molar-refractivity contribution in [3.63, 3.8) is 0 Å². The summed E-state index contributed by atoms with van der Waals surface area (Å²) in [6.45, 7) is 4.33. The van der Waals surface area contributed by atoms with Crippen molar-refractivity contribution in [1.29, 1.82) is 0 Å². The molecule has 32 heavy (non-hydrogen) atoms. The van der Waals surface area contributed by atoms with Crippen LogP contribution in [0, 0.1) is 11.8 Å². The molecule has 2 aromatic carbocycles. The SMILES string of the molecule is COc1ccc(-n2ncc3c2CC2CCC3N2Cc2ccc(C#CC(C)(C)O)cc2)cc1. The third-order valence-electron chi connectivity index (χ3n) is 6.48. The molecular weight excluding hydrogens is 398 g/mol. The lowest BCUT2D eigenvalue weighted by atomic mass is 9.98. The smallest absolute Gasteiger partial charge is 0.120 e. The van der Waals surface area contributed by atoms with Crippen LogP contribution in [-0.2, 0) is 13.0 Å². The van der Waals surface area contributed by atoms with Gasteiger partial charge < -0.3 is 9.84 Å². The number of aromatic nitrogens is 2. The molecule has 3 heterocycles. The van der Waals surface area contributed by atoms with Gasteiger partial charge in [0.1, 0.15) is 11.4 Å². The van der Waals surface area contributed by atoms with Crippen LogP contribution in [0.1, 0.15) is 55.1 Å².